The Labute approximate surface area is 85.2 Å². The highest BCUT2D eigenvalue weighted by Gasteiger charge is 2.00. The lowest BCUT2D eigenvalue weighted by molar-refractivity contribution is 0.733. The third kappa shape index (κ3) is 3.02. The van der Waals surface area contributed by atoms with Crippen molar-refractivity contribution in [1.82, 2.24) is 0 Å². The van der Waals surface area contributed by atoms with Crippen LogP contribution in [0.25, 0.3) is 4.84 Å². The molecule has 0 aliphatic rings. The topological polar surface area (TPSA) is 14.1 Å². The third-order valence-corrected chi connectivity index (χ3v) is 2.52. The van der Waals surface area contributed by atoms with Gasteiger partial charge in [0, 0.05) is 0 Å². The molecule has 0 heterocycles. The first-order valence-corrected chi connectivity index (χ1v) is 4.98. The summed E-state index contributed by atoms with van der Waals surface area (Å²) >= 11 is 5.29. The van der Waals surface area contributed by atoms with Crippen LogP contribution in [-0.4, -0.2) is 0 Å². The fraction of sp³-hybridized carbons (Fsp3) is 0.455. The van der Waals surface area contributed by atoms with Crippen LogP contribution in [0.2, 0.25) is 0 Å². The second-order valence-corrected chi connectivity index (χ2v) is 3.57. The van der Waals surface area contributed by atoms with Crippen LogP contribution in [0.5, 0.6) is 0 Å². The molecule has 0 aromatic heterocycles. The average molecular weight is 197 g/mol. The van der Waals surface area contributed by atoms with Gasteiger partial charge in [0.05, 0.1) is 0 Å². The predicted molar refractivity (Wildman–Crippen MR) is 58.1 cm³/mol. The summed E-state index contributed by atoms with van der Waals surface area (Å²) in [4.78, 5) is 3.57. The molecule has 0 N–H and O–H groups in total. The van der Waals surface area contributed by atoms with Crippen molar-refractivity contribution in [2.45, 2.75) is 32.7 Å². The maximum Gasteiger partial charge on any atom is -0.0193 e. The van der Waals surface area contributed by atoms with E-state index in [1.54, 1.807) is 0 Å². The smallest absolute Gasteiger partial charge is 0.0193 e. The molecule has 1 rings (SSSR count). The fourth-order valence-electron chi connectivity index (χ4n) is 1.26. The lowest BCUT2D eigenvalue weighted by Crippen LogP contribution is -1.91. The molecule has 0 radical (unpaired) electrons. The summed E-state index contributed by atoms with van der Waals surface area (Å²) in [6.07, 6.45) is 1.18. The molecule has 0 saturated carbocycles. The number of rotatable bonds is 4. The van der Waals surface area contributed by atoms with Crippen molar-refractivity contribution in [2.24, 2.45) is 0 Å². The van der Waals surface area contributed by atoms with Crippen LogP contribution >= 0.6 is 11.8 Å². The van der Waals surface area contributed by atoms with E-state index in [0.29, 0.717) is 12.5 Å². The van der Waals surface area contributed by atoms with Crippen molar-refractivity contribution in [3.63, 3.8) is 0 Å². The first-order chi connectivity index (χ1) is 6.27. The maximum absolute atomic E-state index is 5.29. The first kappa shape index (κ1) is 10.6. The SMILES string of the molecule is CCC(C)c1ccc(C[N-]Cl)cc1. The van der Waals surface area contributed by atoms with E-state index >= 15 is 0 Å². The first-order valence-electron chi connectivity index (χ1n) is 4.64. The largest absolute Gasteiger partial charge is 0.572 e. The standard InChI is InChI=1S/C11H15ClN/c1-3-9(2)11-6-4-10(5-7-11)8-13-12/h4-7,9H,3,8H2,1-2H3/q-1. The van der Waals surface area contributed by atoms with Crippen LogP contribution in [0.15, 0.2) is 24.3 Å². The second kappa shape index (κ2) is 5.25. The molecule has 13 heavy (non-hydrogen) atoms. The number of nitrogens with zero attached hydrogens (tertiary/aromatic N) is 1. The van der Waals surface area contributed by atoms with Gasteiger partial charge in [0.25, 0.3) is 0 Å². The molecule has 1 nitrogen and oxygen atoms in total. The zero-order chi connectivity index (χ0) is 9.68. The van der Waals surface area contributed by atoms with Crippen molar-refractivity contribution in [3.05, 3.63) is 40.2 Å². The Morgan fingerprint density at radius 3 is 2.38 bits per heavy atom. The molecular formula is C11H15ClN-. The van der Waals surface area contributed by atoms with Gasteiger partial charge in [0.1, 0.15) is 0 Å². The van der Waals surface area contributed by atoms with E-state index in [1.165, 1.54) is 17.5 Å². The van der Waals surface area contributed by atoms with Gasteiger partial charge in [-0.15, -0.1) is 6.54 Å². The summed E-state index contributed by atoms with van der Waals surface area (Å²) < 4.78 is 0. The average Bonchev–Trinajstić information content (AvgIpc) is 2.18. The molecule has 0 bridgehead atoms. The molecule has 0 amide bonds. The zero-order valence-electron chi connectivity index (χ0n) is 8.13. The lowest BCUT2D eigenvalue weighted by atomic mass is 9.98. The van der Waals surface area contributed by atoms with Crippen LogP contribution in [-0.2, 0) is 6.54 Å². The van der Waals surface area contributed by atoms with Gasteiger partial charge < -0.3 is 4.84 Å². The minimum Gasteiger partial charge on any atom is -0.572 e. The molecule has 0 saturated heterocycles. The molecule has 1 aromatic rings. The molecule has 1 aromatic carbocycles. The molecule has 72 valence electrons. The van der Waals surface area contributed by atoms with Crippen LogP contribution in [0, 0.1) is 0 Å². The molecule has 2 heteroatoms. The van der Waals surface area contributed by atoms with Gasteiger partial charge >= 0.3 is 0 Å². The van der Waals surface area contributed by atoms with Crippen molar-refractivity contribution in [1.29, 1.82) is 0 Å². The number of hydrogen-bond acceptors (Lipinski definition) is 0. The Morgan fingerprint density at radius 2 is 1.92 bits per heavy atom. The van der Waals surface area contributed by atoms with Gasteiger partial charge in [-0.1, -0.05) is 43.7 Å². The van der Waals surface area contributed by atoms with Crippen LogP contribution in [0.3, 0.4) is 0 Å². The van der Waals surface area contributed by atoms with Gasteiger partial charge in [-0.3, -0.25) is 11.8 Å². The molecular weight excluding hydrogens is 182 g/mol. The van der Waals surface area contributed by atoms with E-state index in [-0.39, 0.29) is 0 Å². The highest BCUT2D eigenvalue weighted by molar-refractivity contribution is 6.24. The Balaban J connectivity index is 2.69. The van der Waals surface area contributed by atoms with Gasteiger partial charge in [0.15, 0.2) is 0 Å². The van der Waals surface area contributed by atoms with E-state index < -0.39 is 0 Å². The van der Waals surface area contributed by atoms with Crippen molar-refractivity contribution in [2.75, 3.05) is 0 Å². The van der Waals surface area contributed by atoms with Crippen LogP contribution < -0.4 is 0 Å². The number of benzene rings is 1. The van der Waals surface area contributed by atoms with Gasteiger partial charge in [-0.25, -0.2) is 0 Å². The summed E-state index contributed by atoms with van der Waals surface area (Å²) in [5, 5.41) is 0. The molecule has 0 fully saturated rings. The maximum atomic E-state index is 5.29. The molecule has 0 aliphatic heterocycles. The minimum atomic E-state index is 0.600. The van der Waals surface area contributed by atoms with E-state index in [1.807, 2.05) is 0 Å². The van der Waals surface area contributed by atoms with Crippen molar-refractivity contribution < 1.29 is 0 Å². The Kier molecular flexibility index (Phi) is 4.26. The lowest BCUT2D eigenvalue weighted by Gasteiger charge is -2.12. The number of halogens is 1. The van der Waals surface area contributed by atoms with E-state index in [4.69, 9.17) is 11.8 Å². The summed E-state index contributed by atoms with van der Waals surface area (Å²) in [5.41, 5.74) is 2.56. The Morgan fingerprint density at radius 1 is 1.31 bits per heavy atom. The van der Waals surface area contributed by atoms with E-state index in [0.717, 1.165) is 0 Å². The van der Waals surface area contributed by atoms with Gasteiger partial charge in [-0.05, 0) is 17.9 Å². The van der Waals surface area contributed by atoms with E-state index in [9.17, 15) is 0 Å². The summed E-state index contributed by atoms with van der Waals surface area (Å²) in [6.45, 7) is 5.04. The summed E-state index contributed by atoms with van der Waals surface area (Å²) in [5.74, 6) is 0.641. The molecule has 0 aliphatic carbocycles. The van der Waals surface area contributed by atoms with Gasteiger partial charge in [-0.2, -0.15) is 0 Å². The highest BCUT2D eigenvalue weighted by Crippen LogP contribution is 2.19. The Bertz CT molecular complexity index is 243. The molecule has 0 spiro atoms. The normalized spacial score (nSPS) is 12.8. The quantitative estimate of drug-likeness (QED) is 0.685. The van der Waals surface area contributed by atoms with Gasteiger partial charge in [0.2, 0.25) is 0 Å². The van der Waals surface area contributed by atoms with Crippen molar-refractivity contribution >= 4 is 11.8 Å². The molecule has 1 atom stereocenters. The minimum absolute atomic E-state index is 0.600. The third-order valence-electron chi connectivity index (χ3n) is 2.40. The van der Waals surface area contributed by atoms with E-state index in [2.05, 4.69) is 42.9 Å². The number of hydrogen-bond donors (Lipinski definition) is 0. The monoisotopic (exact) mass is 196 g/mol. The van der Waals surface area contributed by atoms with Crippen LogP contribution in [0.1, 0.15) is 37.3 Å². The molecule has 1 unspecified atom stereocenters. The highest BCUT2D eigenvalue weighted by atomic mass is 35.5. The zero-order valence-corrected chi connectivity index (χ0v) is 8.88. The fourth-order valence-corrected chi connectivity index (χ4v) is 1.39. The summed E-state index contributed by atoms with van der Waals surface area (Å²) in [7, 11) is 0. The Hall–Kier alpha value is -0.530. The van der Waals surface area contributed by atoms with Crippen molar-refractivity contribution in [3.8, 4) is 0 Å². The second-order valence-electron chi connectivity index (χ2n) is 3.33. The summed E-state index contributed by atoms with van der Waals surface area (Å²) in [6, 6.07) is 8.50. The van der Waals surface area contributed by atoms with Crippen LogP contribution in [0.4, 0.5) is 0 Å². The predicted octanol–water partition coefficient (Wildman–Crippen LogP) is 4.23.